The molecule has 0 spiro atoms. The standard InChI is InChI=1S/C19H33NO/c1-5-8-9-17(7-3)15-21-19-12-10-18(11-13-19)16(4)20-14-6-2/h10-13,16-17,20H,5-9,14-15H2,1-4H3. The molecule has 0 bridgehead atoms. The average Bonchev–Trinajstić information content (AvgIpc) is 2.53. The van der Waals surface area contributed by atoms with E-state index in [1.807, 2.05) is 0 Å². The van der Waals surface area contributed by atoms with Gasteiger partial charge in [-0.15, -0.1) is 0 Å². The molecule has 0 aliphatic rings. The van der Waals surface area contributed by atoms with Gasteiger partial charge in [0.05, 0.1) is 6.61 Å². The van der Waals surface area contributed by atoms with Crippen molar-refractivity contribution in [3.05, 3.63) is 29.8 Å². The van der Waals surface area contributed by atoms with Gasteiger partial charge in [-0.1, -0.05) is 52.2 Å². The van der Waals surface area contributed by atoms with Gasteiger partial charge in [-0.25, -0.2) is 0 Å². The molecule has 2 atom stereocenters. The quantitative estimate of drug-likeness (QED) is 0.594. The molecule has 120 valence electrons. The Morgan fingerprint density at radius 2 is 1.76 bits per heavy atom. The summed E-state index contributed by atoms with van der Waals surface area (Å²) in [5.74, 6) is 1.69. The normalized spacial score (nSPS) is 13.9. The zero-order chi connectivity index (χ0) is 15.5. The lowest BCUT2D eigenvalue weighted by molar-refractivity contribution is 0.233. The third kappa shape index (κ3) is 6.99. The Labute approximate surface area is 131 Å². The highest BCUT2D eigenvalue weighted by molar-refractivity contribution is 5.28. The Bertz CT molecular complexity index is 360. The van der Waals surface area contributed by atoms with Crippen molar-refractivity contribution in [3.63, 3.8) is 0 Å². The van der Waals surface area contributed by atoms with Gasteiger partial charge in [-0.05, 0) is 49.9 Å². The molecule has 0 aromatic heterocycles. The van der Waals surface area contributed by atoms with E-state index < -0.39 is 0 Å². The molecule has 1 aromatic carbocycles. The van der Waals surface area contributed by atoms with Gasteiger partial charge in [0.1, 0.15) is 5.75 Å². The second kappa shape index (κ2) is 10.7. The summed E-state index contributed by atoms with van der Waals surface area (Å²) in [6.07, 6.45) is 6.23. The fourth-order valence-corrected chi connectivity index (χ4v) is 2.44. The van der Waals surface area contributed by atoms with Crippen LogP contribution in [0, 0.1) is 5.92 Å². The van der Waals surface area contributed by atoms with Crippen LogP contribution >= 0.6 is 0 Å². The van der Waals surface area contributed by atoms with E-state index in [1.54, 1.807) is 0 Å². The first-order chi connectivity index (χ1) is 10.2. The third-order valence-electron chi connectivity index (χ3n) is 4.11. The van der Waals surface area contributed by atoms with E-state index in [4.69, 9.17) is 4.74 Å². The highest BCUT2D eigenvalue weighted by atomic mass is 16.5. The number of hydrogen-bond acceptors (Lipinski definition) is 2. The van der Waals surface area contributed by atoms with Crippen LogP contribution in [0.5, 0.6) is 5.75 Å². The predicted octanol–water partition coefficient (Wildman–Crippen LogP) is 5.34. The Hall–Kier alpha value is -1.02. The second-order valence-corrected chi connectivity index (χ2v) is 5.97. The minimum absolute atomic E-state index is 0.409. The lowest BCUT2D eigenvalue weighted by atomic mass is 10.0. The van der Waals surface area contributed by atoms with E-state index in [9.17, 15) is 0 Å². The largest absolute Gasteiger partial charge is 0.493 e. The highest BCUT2D eigenvalue weighted by Crippen LogP contribution is 2.20. The number of nitrogens with one attached hydrogen (secondary N) is 1. The summed E-state index contributed by atoms with van der Waals surface area (Å²) in [4.78, 5) is 0. The van der Waals surface area contributed by atoms with Gasteiger partial charge in [-0.3, -0.25) is 0 Å². The molecule has 0 fully saturated rings. The molecule has 1 aromatic rings. The van der Waals surface area contributed by atoms with Gasteiger partial charge >= 0.3 is 0 Å². The summed E-state index contributed by atoms with van der Waals surface area (Å²) >= 11 is 0. The van der Waals surface area contributed by atoms with E-state index in [2.05, 4.69) is 57.3 Å². The molecule has 2 nitrogen and oxygen atoms in total. The Kier molecular flexibility index (Phi) is 9.16. The molecule has 0 saturated carbocycles. The van der Waals surface area contributed by atoms with Gasteiger partial charge in [0.2, 0.25) is 0 Å². The van der Waals surface area contributed by atoms with Crippen LogP contribution in [0.2, 0.25) is 0 Å². The third-order valence-corrected chi connectivity index (χ3v) is 4.11. The number of rotatable bonds is 11. The van der Waals surface area contributed by atoms with E-state index in [-0.39, 0.29) is 0 Å². The molecule has 21 heavy (non-hydrogen) atoms. The molecular formula is C19H33NO. The van der Waals surface area contributed by atoms with Crippen molar-refractivity contribution in [1.29, 1.82) is 0 Å². The molecule has 2 heteroatoms. The van der Waals surface area contributed by atoms with Gasteiger partial charge < -0.3 is 10.1 Å². The molecule has 0 saturated heterocycles. The molecule has 0 amide bonds. The van der Waals surface area contributed by atoms with Crippen molar-refractivity contribution >= 4 is 0 Å². The van der Waals surface area contributed by atoms with Crippen molar-refractivity contribution in [2.75, 3.05) is 13.2 Å². The maximum atomic E-state index is 5.95. The second-order valence-electron chi connectivity index (χ2n) is 5.97. The monoisotopic (exact) mass is 291 g/mol. The fourth-order valence-electron chi connectivity index (χ4n) is 2.44. The fraction of sp³-hybridized carbons (Fsp3) is 0.684. The first-order valence-corrected chi connectivity index (χ1v) is 8.67. The summed E-state index contributed by atoms with van der Waals surface area (Å²) in [5.41, 5.74) is 1.33. The maximum absolute atomic E-state index is 5.95. The number of unbranched alkanes of at least 4 members (excludes halogenated alkanes) is 1. The van der Waals surface area contributed by atoms with Gasteiger partial charge in [-0.2, -0.15) is 0 Å². The summed E-state index contributed by atoms with van der Waals surface area (Å²) in [6.45, 7) is 10.8. The van der Waals surface area contributed by atoms with Crippen LogP contribution in [-0.2, 0) is 0 Å². The molecule has 2 unspecified atom stereocenters. The predicted molar refractivity (Wildman–Crippen MR) is 92.0 cm³/mol. The van der Waals surface area contributed by atoms with Crippen LogP contribution in [0.1, 0.15) is 71.4 Å². The van der Waals surface area contributed by atoms with Crippen molar-refractivity contribution in [2.24, 2.45) is 5.92 Å². The maximum Gasteiger partial charge on any atom is 0.119 e. The van der Waals surface area contributed by atoms with E-state index >= 15 is 0 Å². The molecule has 1 N–H and O–H groups in total. The van der Waals surface area contributed by atoms with Gasteiger partial charge in [0.25, 0.3) is 0 Å². The van der Waals surface area contributed by atoms with Crippen LogP contribution in [0.3, 0.4) is 0 Å². The molecule has 1 rings (SSSR count). The number of benzene rings is 1. The molecule has 0 aliphatic carbocycles. The SMILES string of the molecule is CCCCC(CC)COc1ccc(C(C)NCCC)cc1. The molecule has 0 heterocycles. The zero-order valence-electron chi connectivity index (χ0n) is 14.3. The lowest BCUT2D eigenvalue weighted by Gasteiger charge is -2.17. The van der Waals surface area contributed by atoms with Crippen LogP contribution in [0.15, 0.2) is 24.3 Å². The minimum Gasteiger partial charge on any atom is -0.493 e. The topological polar surface area (TPSA) is 21.3 Å². The summed E-state index contributed by atoms with van der Waals surface area (Å²) in [5, 5.41) is 3.51. The zero-order valence-corrected chi connectivity index (χ0v) is 14.3. The number of ether oxygens (including phenoxy) is 1. The van der Waals surface area contributed by atoms with Crippen LogP contribution in [0.4, 0.5) is 0 Å². The van der Waals surface area contributed by atoms with Crippen molar-refractivity contribution in [1.82, 2.24) is 5.32 Å². The minimum atomic E-state index is 0.409. The Morgan fingerprint density at radius 1 is 1.05 bits per heavy atom. The average molecular weight is 291 g/mol. The van der Waals surface area contributed by atoms with Crippen LogP contribution < -0.4 is 10.1 Å². The van der Waals surface area contributed by atoms with Crippen LogP contribution in [0.25, 0.3) is 0 Å². The highest BCUT2D eigenvalue weighted by Gasteiger charge is 2.08. The van der Waals surface area contributed by atoms with E-state index in [1.165, 1.54) is 37.7 Å². The van der Waals surface area contributed by atoms with Crippen molar-refractivity contribution in [3.8, 4) is 5.75 Å². The van der Waals surface area contributed by atoms with Gasteiger partial charge in [0, 0.05) is 6.04 Å². The molecular weight excluding hydrogens is 258 g/mol. The van der Waals surface area contributed by atoms with E-state index in [0.717, 1.165) is 18.9 Å². The van der Waals surface area contributed by atoms with Crippen LogP contribution in [-0.4, -0.2) is 13.2 Å². The van der Waals surface area contributed by atoms with E-state index in [0.29, 0.717) is 12.0 Å². The Morgan fingerprint density at radius 3 is 2.33 bits per heavy atom. The first kappa shape index (κ1) is 18.0. The molecule has 0 aliphatic heterocycles. The Balaban J connectivity index is 2.42. The summed E-state index contributed by atoms with van der Waals surface area (Å²) in [6, 6.07) is 8.97. The molecule has 0 radical (unpaired) electrons. The lowest BCUT2D eigenvalue weighted by Crippen LogP contribution is -2.19. The van der Waals surface area contributed by atoms with Crippen molar-refractivity contribution < 1.29 is 4.74 Å². The summed E-state index contributed by atoms with van der Waals surface area (Å²) < 4.78 is 5.95. The summed E-state index contributed by atoms with van der Waals surface area (Å²) in [7, 11) is 0. The van der Waals surface area contributed by atoms with Crippen molar-refractivity contribution in [2.45, 2.75) is 65.8 Å². The smallest absolute Gasteiger partial charge is 0.119 e. The van der Waals surface area contributed by atoms with Gasteiger partial charge in [0.15, 0.2) is 0 Å². The number of hydrogen-bond donors (Lipinski definition) is 1. The first-order valence-electron chi connectivity index (χ1n) is 8.67.